The molecule has 0 aromatic rings. The van der Waals surface area contributed by atoms with Crippen molar-refractivity contribution in [1.82, 2.24) is 0 Å². The summed E-state index contributed by atoms with van der Waals surface area (Å²) in [6, 6.07) is 0. The predicted molar refractivity (Wildman–Crippen MR) is 131 cm³/mol. The van der Waals surface area contributed by atoms with Crippen LogP contribution in [0.3, 0.4) is 0 Å². The average molecular weight is 395 g/mol. The predicted octanol–water partition coefficient (Wildman–Crippen LogP) is 9.00. The highest BCUT2D eigenvalue weighted by Crippen LogP contribution is 2.48. The van der Waals surface area contributed by atoms with E-state index in [9.17, 15) is 0 Å². The van der Waals surface area contributed by atoms with Gasteiger partial charge in [-0.1, -0.05) is 84.3 Å². The van der Waals surface area contributed by atoms with Gasteiger partial charge in [-0.3, -0.25) is 0 Å². The number of rotatable bonds is 8. The molecular weight excluding hydrogens is 343 g/mol. The molecule has 0 bridgehead atoms. The average Bonchev–Trinajstić information content (AvgIpc) is 2.60. The largest absolute Gasteiger partial charge is 0.115 e. The molecule has 0 nitrogen and oxygen atoms in total. The van der Waals surface area contributed by atoms with E-state index in [2.05, 4.69) is 53.4 Å². The van der Waals surface area contributed by atoms with E-state index in [0.717, 1.165) is 23.4 Å². The zero-order chi connectivity index (χ0) is 20.3. The summed E-state index contributed by atoms with van der Waals surface area (Å²) >= 11 is 0. The van der Waals surface area contributed by atoms with Gasteiger partial charge in [0.1, 0.15) is 0 Å². The van der Waals surface area contributed by atoms with Crippen LogP contribution < -0.4 is 0 Å². The fourth-order valence-corrected chi connectivity index (χ4v) is 6.82. The molecule has 0 spiro atoms. The number of allylic oxidation sites excluding steroid dienone is 2. The first-order valence-corrected chi connectivity index (χ1v) is 15.1. The van der Waals surface area contributed by atoms with Crippen molar-refractivity contribution in [2.24, 2.45) is 17.8 Å². The minimum Gasteiger partial charge on any atom is -0.115 e. The highest BCUT2D eigenvalue weighted by molar-refractivity contribution is 7.72. The van der Waals surface area contributed by atoms with Gasteiger partial charge in [-0.05, 0) is 75.3 Å². The summed E-state index contributed by atoms with van der Waals surface area (Å²) in [6.07, 6.45) is 25.5. The van der Waals surface area contributed by atoms with Crippen LogP contribution >= 0.6 is 6.89 Å². The first kappa shape index (κ1) is 25.1. The van der Waals surface area contributed by atoms with Gasteiger partial charge in [0.25, 0.3) is 0 Å². The summed E-state index contributed by atoms with van der Waals surface area (Å²) in [4.78, 5) is 0. The second-order valence-corrected chi connectivity index (χ2v) is 14.6. The molecule has 0 radical (unpaired) electrons. The van der Waals surface area contributed by atoms with Crippen LogP contribution in [0.5, 0.6) is 0 Å². The first-order chi connectivity index (χ1) is 12.8. The monoisotopic (exact) mass is 394 g/mol. The van der Waals surface area contributed by atoms with Crippen molar-refractivity contribution in [1.29, 1.82) is 0 Å². The Labute approximate surface area is 173 Å². The van der Waals surface area contributed by atoms with Crippen molar-refractivity contribution >= 4 is 13.2 Å². The summed E-state index contributed by atoms with van der Waals surface area (Å²) in [7, 11) is 0. The van der Waals surface area contributed by atoms with E-state index in [1.807, 2.05) is 0 Å². The lowest BCUT2D eigenvalue weighted by Crippen LogP contribution is -2.13. The Morgan fingerprint density at radius 2 is 1.56 bits per heavy atom. The maximum absolute atomic E-state index is 4.61. The van der Waals surface area contributed by atoms with E-state index >= 15 is 0 Å². The third-order valence-electron chi connectivity index (χ3n) is 6.99. The topological polar surface area (TPSA) is 0 Å². The van der Waals surface area contributed by atoms with E-state index in [-0.39, 0.29) is 0 Å². The van der Waals surface area contributed by atoms with Crippen molar-refractivity contribution < 1.29 is 0 Å². The lowest BCUT2D eigenvalue weighted by atomic mass is 9.81. The molecule has 1 heteroatoms. The third-order valence-corrected chi connectivity index (χ3v) is 9.48. The molecule has 1 aliphatic carbocycles. The Bertz CT molecular complexity index is 455. The smallest absolute Gasteiger partial charge is 0.0220 e. The number of unbranched alkanes of at least 4 members (excludes halogenated alkanes) is 6. The van der Waals surface area contributed by atoms with Gasteiger partial charge >= 0.3 is 0 Å². The lowest BCUT2D eigenvalue weighted by molar-refractivity contribution is 0.398. The quantitative estimate of drug-likeness (QED) is 0.219. The van der Waals surface area contributed by atoms with Gasteiger partial charge in [-0.15, -0.1) is 13.2 Å². The van der Waals surface area contributed by atoms with Crippen molar-refractivity contribution in [3.8, 4) is 0 Å². The minimum atomic E-state index is -0.976. The molecule has 27 heavy (non-hydrogen) atoms. The Kier molecular flexibility index (Phi) is 12.4. The fourth-order valence-electron chi connectivity index (χ4n) is 5.09. The zero-order valence-corrected chi connectivity index (χ0v) is 20.6. The summed E-state index contributed by atoms with van der Waals surface area (Å²) < 4.78 is 0. The third kappa shape index (κ3) is 10.4. The maximum atomic E-state index is 4.61. The molecule has 0 N–H and O–H groups in total. The number of hydrogen-bond donors (Lipinski definition) is 0. The van der Waals surface area contributed by atoms with Crippen LogP contribution in [0.25, 0.3) is 0 Å². The van der Waals surface area contributed by atoms with E-state index in [1.165, 1.54) is 83.5 Å². The van der Waals surface area contributed by atoms with Gasteiger partial charge in [0.15, 0.2) is 0 Å². The van der Waals surface area contributed by atoms with Crippen LogP contribution in [0.1, 0.15) is 111 Å². The first-order valence-electron chi connectivity index (χ1n) is 12.1. The highest BCUT2D eigenvalue weighted by atomic mass is 31.2. The Hall–Kier alpha value is 0.0400. The molecule has 4 unspecified atom stereocenters. The second-order valence-electron chi connectivity index (χ2n) is 10.3. The Morgan fingerprint density at radius 3 is 2.22 bits per heavy atom. The summed E-state index contributed by atoms with van der Waals surface area (Å²) in [5.74, 6) is 2.41. The molecule has 1 saturated carbocycles. The van der Waals surface area contributed by atoms with Crippen molar-refractivity contribution in [2.45, 2.75) is 117 Å². The molecule has 1 rings (SSSR count). The summed E-state index contributed by atoms with van der Waals surface area (Å²) in [5, 5.41) is 0. The van der Waals surface area contributed by atoms with Gasteiger partial charge in [0.2, 0.25) is 0 Å². The van der Waals surface area contributed by atoms with Crippen LogP contribution in [0.15, 0.2) is 11.6 Å². The van der Waals surface area contributed by atoms with Crippen LogP contribution in [0, 0.1) is 17.8 Å². The van der Waals surface area contributed by atoms with Crippen LogP contribution in [0.4, 0.5) is 0 Å². The van der Waals surface area contributed by atoms with Gasteiger partial charge in [0.05, 0.1) is 0 Å². The van der Waals surface area contributed by atoms with Gasteiger partial charge < -0.3 is 0 Å². The van der Waals surface area contributed by atoms with Gasteiger partial charge in [0, 0.05) is 0 Å². The Balaban J connectivity index is 2.71. The molecule has 0 saturated heterocycles. The lowest BCUT2D eigenvalue weighted by Gasteiger charge is -2.28. The highest BCUT2D eigenvalue weighted by Gasteiger charge is 2.23. The minimum absolute atomic E-state index is 0.763. The van der Waals surface area contributed by atoms with Crippen molar-refractivity contribution in [3.05, 3.63) is 11.6 Å². The fraction of sp³-hybridized carbons (Fsp3) is 0.885. The standard InChI is InChI=1S/C26H51P/c1-8-9-10-11-12-13-14-18-26-23(3)19-20-25(27(5,6)7)17-15-16-22(2)21-24(26)4/h18,22-25H,5,8-17,19-21H2,1-4,6-7H3. The van der Waals surface area contributed by atoms with Gasteiger partial charge in [-0.25, -0.2) is 0 Å². The molecule has 4 atom stereocenters. The van der Waals surface area contributed by atoms with Crippen LogP contribution in [-0.4, -0.2) is 25.3 Å². The number of hydrogen-bond acceptors (Lipinski definition) is 0. The molecule has 0 aromatic carbocycles. The molecule has 0 aromatic heterocycles. The molecule has 1 fully saturated rings. The van der Waals surface area contributed by atoms with Crippen LogP contribution in [0.2, 0.25) is 0 Å². The normalized spacial score (nSPS) is 30.2. The van der Waals surface area contributed by atoms with Crippen molar-refractivity contribution in [3.63, 3.8) is 0 Å². The Morgan fingerprint density at radius 1 is 0.889 bits per heavy atom. The molecule has 0 heterocycles. The van der Waals surface area contributed by atoms with E-state index < -0.39 is 6.89 Å². The zero-order valence-electron chi connectivity index (χ0n) is 19.7. The van der Waals surface area contributed by atoms with Crippen LogP contribution in [-0.2, 0) is 0 Å². The van der Waals surface area contributed by atoms with Crippen molar-refractivity contribution in [2.75, 3.05) is 13.3 Å². The van der Waals surface area contributed by atoms with Gasteiger partial charge in [-0.2, -0.15) is 0 Å². The summed E-state index contributed by atoms with van der Waals surface area (Å²) in [6.45, 7) is 13.8. The summed E-state index contributed by atoms with van der Waals surface area (Å²) in [5.41, 5.74) is 2.68. The molecule has 160 valence electrons. The second kappa shape index (κ2) is 13.3. The maximum Gasteiger partial charge on any atom is -0.0220 e. The SMILES string of the molecule is C=P(C)(C)C1CCCC(C)CC(C)C(=CCCCCCCCC)C(C)CC1. The van der Waals surface area contributed by atoms with E-state index in [0.29, 0.717) is 0 Å². The molecular formula is C26H51P. The molecule has 0 amide bonds. The molecule has 0 aliphatic heterocycles. The van der Waals surface area contributed by atoms with E-state index in [1.54, 1.807) is 5.57 Å². The molecule has 1 aliphatic rings. The van der Waals surface area contributed by atoms with E-state index in [4.69, 9.17) is 0 Å².